The largest absolute Gasteiger partial charge is 0.480 e. The fourth-order valence-corrected chi connectivity index (χ4v) is 1.46. The Morgan fingerprint density at radius 2 is 1.68 bits per heavy atom. The van der Waals surface area contributed by atoms with Gasteiger partial charge in [0, 0.05) is 14.0 Å². The van der Waals surface area contributed by atoms with Crippen molar-refractivity contribution in [1.82, 2.24) is 4.90 Å². The number of esters is 1. The molecule has 1 N–H and O–H groups in total. The second kappa shape index (κ2) is 6.40. The maximum Gasteiger partial charge on any atom is 0.410 e. The van der Waals surface area contributed by atoms with Crippen LogP contribution in [0.1, 0.15) is 34.6 Å². The van der Waals surface area contributed by atoms with E-state index in [2.05, 4.69) is 0 Å². The second-order valence-corrected chi connectivity index (χ2v) is 5.19. The molecule has 0 aliphatic rings. The monoisotopic (exact) mass is 275 g/mol. The molecule has 2 atom stereocenters. The molecule has 0 saturated carbocycles. The van der Waals surface area contributed by atoms with Crippen LogP contribution in [0.25, 0.3) is 0 Å². The molecule has 0 rings (SSSR count). The van der Waals surface area contributed by atoms with Gasteiger partial charge in [0.05, 0.1) is 0 Å². The zero-order chi connectivity index (χ0) is 15.4. The maximum atomic E-state index is 11.8. The molecule has 1 amide bonds. The standard InChI is InChI=1S/C12H21NO6/c1-7(18-8(2)14)9(10(15)16)13(6)11(17)19-12(3,4)5/h7,9H,1-6H3,(H,15,16). The zero-order valence-electron chi connectivity index (χ0n) is 12.1. The van der Waals surface area contributed by atoms with E-state index in [0.29, 0.717) is 0 Å². The Morgan fingerprint density at radius 3 is 2.00 bits per heavy atom. The molecule has 0 bridgehead atoms. The predicted octanol–water partition coefficient (Wildman–Crippen LogP) is 1.26. The summed E-state index contributed by atoms with van der Waals surface area (Å²) in [6.45, 7) is 7.59. The van der Waals surface area contributed by atoms with Gasteiger partial charge in [-0.1, -0.05) is 0 Å². The molecule has 19 heavy (non-hydrogen) atoms. The number of nitrogens with zero attached hydrogens (tertiary/aromatic N) is 1. The first-order valence-corrected chi connectivity index (χ1v) is 5.81. The summed E-state index contributed by atoms with van der Waals surface area (Å²) in [6, 6.07) is -1.31. The van der Waals surface area contributed by atoms with Gasteiger partial charge >= 0.3 is 18.0 Å². The average molecular weight is 275 g/mol. The highest BCUT2D eigenvalue weighted by atomic mass is 16.6. The van der Waals surface area contributed by atoms with Gasteiger partial charge in [0.1, 0.15) is 11.7 Å². The van der Waals surface area contributed by atoms with Crippen LogP contribution in [0, 0.1) is 0 Å². The number of rotatable bonds is 4. The molecule has 0 aromatic carbocycles. The van der Waals surface area contributed by atoms with E-state index in [-0.39, 0.29) is 0 Å². The Labute approximate surface area is 112 Å². The normalized spacial score (nSPS) is 14.2. The topological polar surface area (TPSA) is 93.1 Å². The van der Waals surface area contributed by atoms with E-state index in [1.807, 2.05) is 0 Å². The summed E-state index contributed by atoms with van der Waals surface area (Å²) >= 11 is 0. The SMILES string of the molecule is CC(=O)OC(C)C(C(=O)O)N(C)C(=O)OC(C)(C)C. The first kappa shape index (κ1) is 17.2. The number of hydrogen-bond acceptors (Lipinski definition) is 5. The third kappa shape index (κ3) is 6.08. The first-order chi connectivity index (χ1) is 8.45. The number of carboxylic acids is 1. The minimum Gasteiger partial charge on any atom is -0.480 e. The van der Waals surface area contributed by atoms with Gasteiger partial charge in [0.15, 0.2) is 6.04 Å². The highest BCUT2D eigenvalue weighted by molar-refractivity contribution is 5.81. The van der Waals surface area contributed by atoms with Crippen molar-refractivity contribution in [1.29, 1.82) is 0 Å². The molecule has 7 heteroatoms. The van der Waals surface area contributed by atoms with Gasteiger partial charge in [-0.25, -0.2) is 9.59 Å². The Kier molecular flexibility index (Phi) is 5.80. The molecule has 0 radical (unpaired) electrons. The van der Waals surface area contributed by atoms with Gasteiger partial charge in [-0.3, -0.25) is 9.69 Å². The molecule has 0 aliphatic carbocycles. The van der Waals surface area contributed by atoms with Gasteiger partial charge < -0.3 is 14.6 Å². The lowest BCUT2D eigenvalue weighted by Crippen LogP contribution is -2.51. The number of ether oxygens (including phenoxy) is 2. The number of carbonyl (C=O) groups excluding carboxylic acids is 2. The molecule has 110 valence electrons. The zero-order valence-corrected chi connectivity index (χ0v) is 12.1. The Morgan fingerprint density at radius 1 is 1.21 bits per heavy atom. The van der Waals surface area contributed by atoms with Crippen LogP contribution in [0.4, 0.5) is 4.79 Å². The van der Waals surface area contributed by atoms with Crippen molar-refractivity contribution in [2.75, 3.05) is 7.05 Å². The maximum absolute atomic E-state index is 11.8. The third-order valence-electron chi connectivity index (χ3n) is 2.15. The van der Waals surface area contributed by atoms with Gasteiger partial charge in [0.2, 0.25) is 0 Å². The lowest BCUT2D eigenvalue weighted by atomic mass is 10.1. The lowest BCUT2D eigenvalue weighted by molar-refractivity contribution is -0.156. The molecule has 7 nitrogen and oxygen atoms in total. The van der Waals surface area contributed by atoms with Crippen LogP contribution in [0.15, 0.2) is 0 Å². The van der Waals surface area contributed by atoms with E-state index < -0.39 is 35.8 Å². The van der Waals surface area contributed by atoms with Gasteiger partial charge in [-0.2, -0.15) is 0 Å². The van der Waals surface area contributed by atoms with E-state index in [1.165, 1.54) is 20.9 Å². The quantitative estimate of drug-likeness (QED) is 0.776. The van der Waals surface area contributed by atoms with E-state index >= 15 is 0 Å². The van der Waals surface area contributed by atoms with E-state index in [1.54, 1.807) is 20.8 Å². The average Bonchev–Trinajstić information content (AvgIpc) is 2.12. The molecule has 0 aromatic rings. The van der Waals surface area contributed by atoms with Crippen molar-refractivity contribution in [3.05, 3.63) is 0 Å². The predicted molar refractivity (Wildman–Crippen MR) is 66.6 cm³/mol. The van der Waals surface area contributed by atoms with Crippen LogP contribution in [0.2, 0.25) is 0 Å². The van der Waals surface area contributed by atoms with Crippen LogP contribution in [0.5, 0.6) is 0 Å². The number of carbonyl (C=O) groups is 3. The molecule has 0 spiro atoms. The fraction of sp³-hybridized carbons (Fsp3) is 0.750. The molecule has 2 unspecified atom stereocenters. The van der Waals surface area contributed by atoms with E-state index in [9.17, 15) is 14.4 Å². The summed E-state index contributed by atoms with van der Waals surface area (Å²) in [5.41, 5.74) is -0.737. The van der Waals surface area contributed by atoms with Crippen LogP contribution in [-0.2, 0) is 19.1 Å². The molecule has 0 heterocycles. The summed E-state index contributed by atoms with van der Waals surface area (Å²) in [4.78, 5) is 34.7. The number of amides is 1. The fourth-order valence-electron chi connectivity index (χ4n) is 1.46. The molecule has 0 fully saturated rings. The van der Waals surface area contributed by atoms with Crippen molar-refractivity contribution in [2.24, 2.45) is 0 Å². The smallest absolute Gasteiger partial charge is 0.410 e. The molecular formula is C12H21NO6. The number of hydrogen-bond donors (Lipinski definition) is 1. The highest BCUT2D eigenvalue weighted by Crippen LogP contribution is 2.14. The van der Waals surface area contributed by atoms with E-state index in [4.69, 9.17) is 14.6 Å². The summed E-state index contributed by atoms with van der Waals surface area (Å²) in [5, 5.41) is 9.13. The van der Waals surface area contributed by atoms with Crippen LogP contribution < -0.4 is 0 Å². The van der Waals surface area contributed by atoms with Crippen molar-refractivity contribution in [3.63, 3.8) is 0 Å². The lowest BCUT2D eigenvalue weighted by Gasteiger charge is -2.31. The van der Waals surface area contributed by atoms with Gasteiger partial charge in [-0.05, 0) is 27.7 Å². The van der Waals surface area contributed by atoms with Gasteiger partial charge in [-0.15, -0.1) is 0 Å². The minimum atomic E-state index is -1.31. The summed E-state index contributed by atoms with van der Waals surface area (Å²) in [6.07, 6.45) is -1.77. The van der Waals surface area contributed by atoms with Crippen molar-refractivity contribution in [2.45, 2.75) is 52.4 Å². The van der Waals surface area contributed by atoms with E-state index in [0.717, 1.165) is 4.90 Å². The Hall–Kier alpha value is -1.79. The summed E-state index contributed by atoms with van der Waals surface area (Å²) in [5.74, 6) is -1.89. The van der Waals surface area contributed by atoms with Crippen LogP contribution in [-0.4, -0.2) is 52.8 Å². The van der Waals surface area contributed by atoms with Crippen molar-refractivity contribution in [3.8, 4) is 0 Å². The molecule has 0 aromatic heterocycles. The Bertz CT molecular complexity index is 360. The van der Waals surface area contributed by atoms with Crippen LogP contribution >= 0.6 is 0 Å². The minimum absolute atomic E-state index is 0.615. The number of carboxylic acid groups (broad SMARTS) is 1. The molecule has 0 saturated heterocycles. The third-order valence-corrected chi connectivity index (χ3v) is 2.15. The highest BCUT2D eigenvalue weighted by Gasteiger charge is 2.35. The van der Waals surface area contributed by atoms with Crippen LogP contribution in [0.3, 0.4) is 0 Å². The first-order valence-electron chi connectivity index (χ1n) is 5.81. The second-order valence-electron chi connectivity index (χ2n) is 5.19. The molecular weight excluding hydrogens is 254 g/mol. The summed E-state index contributed by atoms with van der Waals surface area (Å²) < 4.78 is 9.87. The van der Waals surface area contributed by atoms with Crippen molar-refractivity contribution >= 4 is 18.0 Å². The number of aliphatic carboxylic acids is 1. The Balaban J connectivity index is 4.94. The van der Waals surface area contributed by atoms with Crippen molar-refractivity contribution < 1.29 is 29.0 Å². The van der Waals surface area contributed by atoms with Gasteiger partial charge in [0.25, 0.3) is 0 Å². The molecule has 0 aliphatic heterocycles. The number of likely N-dealkylation sites (N-methyl/N-ethyl adjacent to an activating group) is 1. The summed E-state index contributed by atoms with van der Waals surface area (Å²) in [7, 11) is 1.28.